The summed E-state index contributed by atoms with van der Waals surface area (Å²) in [5, 5.41) is 3.16. The van der Waals surface area contributed by atoms with Gasteiger partial charge in [0.15, 0.2) is 0 Å². The number of carbonyl (C=O) groups excluding carboxylic acids is 1. The lowest BCUT2D eigenvalue weighted by Crippen LogP contribution is -2.21. The lowest BCUT2D eigenvalue weighted by atomic mass is 9.96. The van der Waals surface area contributed by atoms with Crippen LogP contribution >= 0.6 is 11.6 Å². The van der Waals surface area contributed by atoms with Crippen molar-refractivity contribution in [3.63, 3.8) is 0 Å². The second-order valence-electron chi connectivity index (χ2n) is 4.21. The fraction of sp³-hybridized carbons (Fsp3) is 0.200. The first kappa shape index (κ1) is 13.6. The summed E-state index contributed by atoms with van der Waals surface area (Å²) in [7, 11) is 0. The van der Waals surface area contributed by atoms with Crippen molar-refractivity contribution in [2.75, 3.05) is 5.32 Å². The van der Waals surface area contributed by atoms with Crippen LogP contribution in [0.4, 0.5) is 5.82 Å². The van der Waals surface area contributed by atoms with Gasteiger partial charge in [-0.1, -0.05) is 54.9 Å². The third-order valence-corrected chi connectivity index (χ3v) is 3.10. The molecule has 1 heterocycles. The molecule has 1 atom stereocenters. The van der Waals surface area contributed by atoms with E-state index in [9.17, 15) is 4.79 Å². The second-order valence-corrected chi connectivity index (χ2v) is 4.59. The van der Waals surface area contributed by atoms with E-state index in [0.717, 1.165) is 12.0 Å². The van der Waals surface area contributed by atoms with Gasteiger partial charge in [0.2, 0.25) is 5.91 Å². The Morgan fingerprint density at radius 3 is 2.58 bits per heavy atom. The van der Waals surface area contributed by atoms with Crippen LogP contribution < -0.4 is 5.32 Å². The summed E-state index contributed by atoms with van der Waals surface area (Å²) in [6.07, 6.45) is 0.733. The fourth-order valence-corrected chi connectivity index (χ4v) is 2.11. The van der Waals surface area contributed by atoms with Crippen LogP contribution in [-0.2, 0) is 4.79 Å². The van der Waals surface area contributed by atoms with Crippen molar-refractivity contribution in [3.8, 4) is 0 Å². The molecule has 3 nitrogen and oxygen atoms in total. The van der Waals surface area contributed by atoms with Gasteiger partial charge in [0.25, 0.3) is 0 Å². The highest BCUT2D eigenvalue weighted by atomic mass is 35.5. The molecule has 2 aromatic rings. The van der Waals surface area contributed by atoms with Crippen molar-refractivity contribution in [1.82, 2.24) is 4.98 Å². The average molecular weight is 275 g/mol. The Morgan fingerprint density at radius 2 is 1.95 bits per heavy atom. The summed E-state index contributed by atoms with van der Waals surface area (Å²) in [5.41, 5.74) is 1.00. The number of hydrogen-bond donors (Lipinski definition) is 1. The Hall–Kier alpha value is -1.87. The number of nitrogens with zero attached hydrogens (tertiary/aromatic N) is 1. The van der Waals surface area contributed by atoms with E-state index in [-0.39, 0.29) is 11.8 Å². The molecule has 1 aromatic carbocycles. The Bertz CT molecular complexity index is 557. The molecule has 0 spiro atoms. The highest BCUT2D eigenvalue weighted by Gasteiger charge is 2.18. The normalized spacial score (nSPS) is 11.9. The van der Waals surface area contributed by atoms with Crippen molar-refractivity contribution in [2.24, 2.45) is 0 Å². The topological polar surface area (TPSA) is 42.0 Å². The van der Waals surface area contributed by atoms with Gasteiger partial charge in [0.1, 0.15) is 11.0 Å². The van der Waals surface area contributed by atoms with Crippen LogP contribution in [0.25, 0.3) is 0 Å². The minimum absolute atomic E-state index is 0.0662. The SMILES string of the molecule is CCC(C(=O)Nc1cccc(Cl)n1)c1ccccc1. The maximum Gasteiger partial charge on any atom is 0.233 e. The first-order valence-corrected chi connectivity index (χ1v) is 6.57. The van der Waals surface area contributed by atoms with Crippen molar-refractivity contribution in [3.05, 3.63) is 59.2 Å². The van der Waals surface area contributed by atoms with Crippen molar-refractivity contribution in [2.45, 2.75) is 19.3 Å². The lowest BCUT2D eigenvalue weighted by Gasteiger charge is -2.15. The largest absolute Gasteiger partial charge is 0.310 e. The molecule has 0 radical (unpaired) electrons. The third kappa shape index (κ3) is 3.55. The number of aromatic nitrogens is 1. The number of carbonyl (C=O) groups is 1. The van der Waals surface area contributed by atoms with Crippen LogP contribution in [-0.4, -0.2) is 10.9 Å². The summed E-state index contributed by atoms with van der Waals surface area (Å²) < 4.78 is 0. The molecule has 0 saturated carbocycles. The van der Waals surface area contributed by atoms with Crippen LogP contribution in [0.2, 0.25) is 5.15 Å². The van der Waals surface area contributed by atoms with E-state index >= 15 is 0 Å². The standard InChI is InChI=1S/C15H15ClN2O/c1-2-12(11-7-4-3-5-8-11)15(19)18-14-10-6-9-13(16)17-14/h3-10,12H,2H2,1H3,(H,17,18,19). The maximum atomic E-state index is 12.3. The number of halogens is 1. The molecule has 98 valence electrons. The highest BCUT2D eigenvalue weighted by Crippen LogP contribution is 2.21. The number of anilines is 1. The number of benzene rings is 1. The van der Waals surface area contributed by atoms with Crippen LogP contribution in [0.5, 0.6) is 0 Å². The third-order valence-electron chi connectivity index (χ3n) is 2.89. The molecule has 2 rings (SSSR count). The second kappa shape index (κ2) is 6.34. The zero-order valence-electron chi connectivity index (χ0n) is 10.6. The number of pyridine rings is 1. The number of nitrogens with one attached hydrogen (secondary N) is 1. The lowest BCUT2D eigenvalue weighted by molar-refractivity contribution is -0.117. The fourth-order valence-electron chi connectivity index (χ4n) is 1.95. The number of hydrogen-bond acceptors (Lipinski definition) is 2. The predicted molar refractivity (Wildman–Crippen MR) is 77.4 cm³/mol. The summed E-state index contributed by atoms with van der Waals surface area (Å²) >= 11 is 5.80. The number of rotatable bonds is 4. The molecular weight excluding hydrogens is 260 g/mol. The smallest absolute Gasteiger partial charge is 0.233 e. The van der Waals surface area contributed by atoms with E-state index in [0.29, 0.717) is 11.0 Å². The van der Waals surface area contributed by atoms with Crippen LogP contribution in [0.15, 0.2) is 48.5 Å². The molecule has 1 aromatic heterocycles. The van der Waals surface area contributed by atoms with E-state index in [1.165, 1.54) is 0 Å². The molecule has 0 bridgehead atoms. The molecule has 0 aliphatic heterocycles. The minimum Gasteiger partial charge on any atom is -0.310 e. The summed E-state index contributed by atoms with van der Waals surface area (Å²) in [6, 6.07) is 14.9. The molecular formula is C15H15ClN2O. The van der Waals surface area contributed by atoms with Gasteiger partial charge >= 0.3 is 0 Å². The van der Waals surface area contributed by atoms with Crippen LogP contribution in [0, 0.1) is 0 Å². The van der Waals surface area contributed by atoms with E-state index in [2.05, 4.69) is 10.3 Å². The van der Waals surface area contributed by atoms with Crippen molar-refractivity contribution in [1.29, 1.82) is 0 Å². The molecule has 1 amide bonds. The van der Waals surface area contributed by atoms with Gasteiger partial charge in [0, 0.05) is 0 Å². The molecule has 0 aliphatic rings. The van der Waals surface area contributed by atoms with Gasteiger partial charge < -0.3 is 5.32 Å². The van der Waals surface area contributed by atoms with Gasteiger partial charge in [-0.05, 0) is 24.1 Å². The molecule has 0 aliphatic carbocycles. The zero-order chi connectivity index (χ0) is 13.7. The van der Waals surface area contributed by atoms with Gasteiger partial charge in [-0.25, -0.2) is 4.98 Å². The van der Waals surface area contributed by atoms with Crippen molar-refractivity contribution < 1.29 is 4.79 Å². The maximum absolute atomic E-state index is 12.3. The summed E-state index contributed by atoms with van der Waals surface area (Å²) in [6.45, 7) is 1.99. The first-order valence-electron chi connectivity index (χ1n) is 6.19. The van der Waals surface area contributed by atoms with Gasteiger partial charge in [-0.3, -0.25) is 4.79 Å². The predicted octanol–water partition coefficient (Wildman–Crippen LogP) is 3.87. The average Bonchev–Trinajstić information content (AvgIpc) is 2.41. The van der Waals surface area contributed by atoms with Gasteiger partial charge in [0.05, 0.1) is 5.92 Å². The number of amides is 1. The molecule has 19 heavy (non-hydrogen) atoms. The van der Waals surface area contributed by atoms with E-state index < -0.39 is 0 Å². The van der Waals surface area contributed by atoms with Crippen LogP contribution in [0.3, 0.4) is 0 Å². The van der Waals surface area contributed by atoms with Gasteiger partial charge in [-0.2, -0.15) is 0 Å². The Balaban J connectivity index is 2.14. The minimum atomic E-state index is -0.179. The molecule has 1 N–H and O–H groups in total. The monoisotopic (exact) mass is 274 g/mol. The molecule has 0 fully saturated rings. The Labute approximate surface area is 117 Å². The Morgan fingerprint density at radius 1 is 1.21 bits per heavy atom. The van der Waals surface area contributed by atoms with Crippen LogP contribution in [0.1, 0.15) is 24.8 Å². The summed E-state index contributed by atoms with van der Waals surface area (Å²) in [4.78, 5) is 16.3. The Kier molecular flexibility index (Phi) is 4.53. The first-order chi connectivity index (χ1) is 9.20. The summed E-state index contributed by atoms with van der Waals surface area (Å²) in [5.74, 6) is 0.234. The van der Waals surface area contributed by atoms with E-state index in [1.807, 2.05) is 37.3 Å². The molecule has 4 heteroatoms. The van der Waals surface area contributed by atoms with E-state index in [4.69, 9.17) is 11.6 Å². The van der Waals surface area contributed by atoms with Gasteiger partial charge in [-0.15, -0.1) is 0 Å². The van der Waals surface area contributed by atoms with Crippen molar-refractivity contribution >= 4 is 23.3 Å². The molecule has 0 saturated heterocycles. The zero-order valence-corrected chi connectivity index (χ0v) is 11.4. The molecule has 1 unspecified atom stereocenters. The van der Waals surface area contributed by atoms with E-state index in [1.54, 1.807) is 18.2 Å². The highest BCUT2D eigenvalue weighted by molar-refractivity contribution is 6.29. The quantitative estimate of drug-likeness (QED) is 0.860.